The van der Waals surface area contributed by atoms with E-state index in [1.54, 1.807) is 6.07 Å². The van der Waals surface area contributed by atoms with Crippen LogP contribution in [0.5, 0.6) is 5.75 Å². The Morgan fingerprint density at radius 3 is 2.97 bits per heavy atom. The Kier molecular flexibility index (Phi) is 7.06. The third-order valence-electron chi connectivity index (χ3n) is 5.34. The van der Waals surface area contributed by atoms with Crippen molar-refractivity contribution in [2.45, 2.75) is 25.9 Å². The van der Waals surface area contributed by atoms with Crippen molar-refractivity contribution in [2.75, 3.05) is 30.3 Å². The summed E-state index contributed by atoms with van der Waals surface area (Å²) in [7, 11) is 0. The molecule has 1 fully saturated rings. The van der Waals surface area contributed by atoms with Gasteiger partial charge in [0.15, 0.2) is 0 Å². The standard InChI is InChI=1S/C23H22ClFN6OS/c1-3-32-20-11-18-15(10-19(20)27-12-22(33)31-8-4-5-21(31)26-2)23(29-13-28-18)30-14-6-7-17(25)16(24)9-14/h6-7,9-11,13,21,27H,3-5,8,12H2,1H3,(H,28,29,30). The maximum absolute atomic E-state index is 13.5. The van der Waals surface area contributed by atoms with E-state index in [1.165, 1.54) is 18.5 Å². The van der Waals surface area contributed by atoms with Crippen molar-refractivity contribution in [3.05, 3.63) is 58.9 Å². The molecule has 2 N–H and O–H groups in total. The SMILES string of the molecule is [C-]#[N+]C1CCCN1C(=S)CNc1cc2c(Nc3ccc(F)c(Cl)c3)ncnc2cc1OCC. The summed E-state index contributed by atoms with van der Waals surface area (Å²) < 4.78 is 19.4. The molecule has 1 aromatic heterocycles. The van der Waals surface area contributed by atoms with Gasteiger partial charge in [-0.05, 0) is 37.6 Å². The van der Waals surface area contributed by atoms with E-state index in [1.807, 2.05) is 24.0 Å². The molecule has 1 saturated heterocycles. The second-order valence-electron chi connectivity index (χ2n) is 7.47. The molecule has 33 heavy (non-hydrogen) atoms. The van der Waals surface area contributed by atoms with Gasteiger partial charge < -0.3 is 15.4 Å². The number of hydrogen-bond donors (Lipinski definition) is 2. The van der Waals surface area contributed by atoms with E-state index < -0.39 is 5.82 Å². The van der Waals surface area contributed by atoms with Gasteiger partial charge in [0.2, 0.25) is 0 Å². The first-order valence-electron chi connectivity index (χ1n) is 10.5. The van der Waals surface area contributed by atoms with E-state index >= 15 is 0 Å². The van der Waals surface area contributed by atoms with Crippen molar-refractivity contribution in [3.8, 4) is 5.75 Å². The molecule has 7 nitrogen and oxygen atoms in total. The highest BCUT2D eigenvalue weighted by Crippen LogP contribution is 2.34. The first-order valence-corrected chi connectivity index (χ1v) is 11.3. The zero-order valence-electron chi connectivity index (χ0n) is 17.9. The van der Waals surface area contributed by atoms with Crippen LogP contribution >= 0.6 is 23.8 Å². The fourth-order valence-electron chi connectivity index (χ4n) is 3.75. The summed E-state index contributed by atoms with van der Waals surface area (Å²) in [6, 6.07) is 8.12. The van der Waals surface area contributed by atoms with E-state index in [4.69, 9.17) is 35.1 Å². The molecule has 4 rings (SSSR count). The van der Waals surface area contributed by atoms with Crippen LogP contribution in [0, 0.1) is 12.4 Å². The van der Waals surface area contributed by atoms with E-state index in [9.17, 15) is 4.39 Å². The number of rotatable bonds is 7. The number of hydrogen-bond acceptors (Lipinski definition) is 6. The Morgan fingerprint density at radius 1 is 1.36 bits per heavy atom. The Labute approximate surface area is 201 Å². The number of nitrogens with zero attached hydrogens (tertiary/aromatic N) is 4. The molecule has 170 valence electrons. The molecular formula is C23H22ClFN6OS. The molecule has 1 atom stereocenters. The van der Waals surface area contributed by atoms with Crippen molar-refractivity contribution < 1.29 is 9.13 Å². The maximum atomic E-state index is 13.5. The van der Waals surface area contributed by atoms with Crippen LogP contribution in [0.1, 0.15) is 19.8 Å². The summed E-state index contributed by atoms with van der Waals surface area (Å²) in [5, 5.41) is 7.30. The molecule has 1 unspecified atom stereocenters. The summed E-state index contributed by atoms with van der Waals surface area (Å²) >= 11 is 11.5. The second kappa shape index (κ2) is 10.1. The highest BCUT2D eigenvalue weighted by atomic mass is 35.5. The van der Waals surface area contributed by atoms with Crippen LogP contribution in [0.15, 0.2) is 36.7 Å². The van der Waals surface area contributed by atoms with Gasteiger partial charge in [-0.2, -0.15) is 0 Å². The van der Waals surface area contributed by atoms with Crippen molar-refractivity contribution in [3.63, 3.8) is 0 Å². The number of fused-ring (bicyclic) bond motifs is 1. The molecule has 10 heteroatoms. The third-order valence-corrected chi connectivity index (χ3v) is 6.01. The quantitative estimate of drug-likeness (QED) is 0.332. The zero-order valence-corrected chi connectivity index (χ0v) is 19.5. The summed E-state index contributed by atoms with van der Waals surface area (Å²) in [5.74, 6) is 0.700. The molecule has 0 spiro atoms. The van der Waals surface area contributed by atoms with Gasteiger partial charge in [-0.1, -0.05) is 23.8 Å². The molecule has 2 aromatic carbocycles. The molecule has 1 aliphatic rings. The lowest BCUT2D eigenvalue weighted by Gasteiger charge is -2.21. The van der Waals surface area contributed by atoms with Crippen LogP contribution in [0.2, 0.25) is 5.02 Å². The van der Waals surface area contributed by atoms with Gasteiger partial charge in [-0.25, -0.2) is 20.9 Å². The van der Waals surface area contributed by atoms with Gasteiger partial charge in [0.25, 0.3) is 6.17 Å². The predicted molar refractivity (Wildman–Crippen MR) is 133 cm³/mol. The molecule has 3 aromatic rings. The average molecular weight is 485 g/mol. The molecule has 0 aliphatic carbocycles. The van der Waals surface area contributed by atoms with Gasteiger partial charge in [-0.15, -0.1) is 0 Å². The minimum absolute atomic E-state index is 0.0208. The minimum Gasteiger partial charge on any atom is -0.492 e. The van der Waals surface area contributed by atoms with Crippen LogP contribution < -0.4 is 15.4 Å². The Morgan fingerprint density at radius 2 is 2.21 bits per heavy atom. The summed E-state index contributed by atoms with van der Waals surface area (Å²) in [4.78, 5) is 15.1. The number of anilines is 3. The van der Waals surface area contributed by atoms with E-state index in [2.05, 4.69) is 25.4 Å². The Balaban J connectivity index is 1.63. The molecule has 0 amide bonds. The lowest BCUT2D eigenvalue weighted by Crippen LogP contribution is -2.36. The monoisotopic (exact) mass is 484 g/mol. The number of halogens is 2. The number of thiocarbonyl (C=S) groups is 1. The normalized spacial score (nSPS) is 15.3. The van der Waals surface area contributed by atoms with E-state index in [0.29, 0.717) is 40.9 Å². The Bertz CT molecular complexity index is 1230. The van der Waals surface area contributed by atoms with Crippen molar-refractivity contribution in [1.82, 2.24) is 14.9 Å². The molecule has 0 saturated carbocycles. The Hall–Kier alpha value is -3.22. The number of aromatic nitrogens is 2. The van der Waals surface area contributed by atoms with Gasteiger partial charge in [-0.3, -0.25) is 9.74 Å². The van der Waals surface area contributed by atoms with E-state index in [-0.39, 0.29) is 11.2 Å². The molecule has 2 heterocycles. The van der Waals surface area contributed by atoms with Crippen molar-refractivity contribution >= 4 is 56.9 Å². The smallest absolute Gasteiger partial charge is 0.298 e. The maximum Gasteiger partial charge on any atom is 0.298 e. The van der Waals surface area contributed by atoms with Crippen LogP contribution in [0.25, 0.3) is 15.7 Å². The van der Waals surface area contributed by atoms with Crippen LogP contribution in [-0.4, -0.2) is 45.7 Å². The summed E-state index contributed by atoms with van der Waals surface area (Å²) in [5.41, 5.74) is 2.02. The highest BCUT2D eigenvalue weighted by Gasteiger charge is 2.30. The van der Waals surface area contributed by atoms with Crippen LogP contribution in [0.4, 0.5) is 21.6 Å². The van der Waals surface area contributed by atoms with Gasteiger partial charge >= 0.3 is 0 Å². The predicted octanol–water partition coefficient (Wildman–Crippen LogP) is 5.65. The molecule has 0 radical (unpaired) electrons. The molecule has 0 bridgehead atoms. The van der Waals surface area contributed by atoms with Crippen molar-refractivity contribution in [1.29, 1.82) is 0 Å². The second-order valence-corrected chi connectivity index (χ2v) is 8.35. The number of ether oxygens (including phenoxy) is 1. The lowest BCUT2D eigenvalue weighted by atomic mass is 10.1. The topological polar surface area (TPSA) is 66.7 Å². The summed E-state index contributed by atoms with van der Waals surface area (Å²) in [6.07, 6.45) is 3.07. The van der Waals surface area contributed by atoms with Crippen LogP contribution in [0.3, 0.4) is 0 Å². The van der Waals surface area contributed by atoms with Gasteiger partial charge in [0.05, 0.1) is 29.4 Å². The largest absolute Gasteiger partial charge is 0.492 e. The average Bonchev–Trinajstić information content (AvgIpc) is 3.29. The molecular weight excluding hydrogens is 463 g/mol. The fraction of sp³-hybridized carbons (Fsp3) is 0.304. The first kappa shape index (κ1) is 23.0. The molecule has 1 aliphatic heterocycles. The van der Waals surface area contributed by atoms with Crippen LogP contribution in [-0.2, 0) is 0 Å². The van der Waals surface area contributed by atoms with Crippen molar-refractivity contribution in [2.24, 2.45) is 0 Å². The van der Waals surface area contributed by atoms with Gasteiger partial charge in [0, 0.05) is 30.1 Å². The zero-order chi connectivity index (χ0) is 23.4. The fourth-order valence-corrected chi connectivity index (χ4v) is 4.22. The minimum atomic E-state index is -0.489. The number of nitrogens with one attached hydrogen (secondary N) is 2. The number of likely N-dealkylation sites (tertiary alicyclic amines) is 1. The third kappa shape index (κ3) is 5.07. The van der Waals surface area contributed by atoms with Gasteiger partial charge in [0.1, 0.15) is 28.7 Å². The lowest BCUT2D eigenvalue weighted by molar-refractivity contribution is 0.342. The number of benzene rings is 2. The van der Waals surface area contributed by atoms with E-state index in [0.717, 1.165) is 30.5 Å². The highest BCUT2D eigenvalue weighted by molar-refractivity contribution is 7.80. The first-order chi connectivity index (χ1) is 16.0. The summed E-state index contributed by atoms with van der Waals surface area (Å²) in [6.45, 7) is 11.0.